The van der Waals surface area contributed by atoms with E-state index in [1.54, 1.807) is 0 Å². The standard InChI is InChI=1S/C20H30N2O3/c23-14-16-8-10-22(11-9-16)18-6-4-15(5-7-18)13-21-20(25)17-2-1-3-19(24)12-17/h4-7,16-17,19,23-24H,1-3,8-14H2,(H,21,25)/t17-,19-/m1/s1. The lowest BCUT2D eigenvalue weighted by Gasteiger charge is -2.33. The average molecular weight is 346 g/mol. The Balaban J connectivity index is 1.47. The first-order chi connectivity index (χ1) is 12.2. The third kappa shape index (κ3) is 4.95. The number of hydrogen-bond acceptors (Lipinski definition) is 4. The van der Waals surface area contributed by atoms with E-state index in [4.69, 9.17) is 0 Å². The summed E-state index contributed by atoms with van der Waals surface area (Å²) in [5.74, 6) is 0.466. The van der Waals surface area contributed by atoms with E-state index in [0.29, 0.717) is 25.5 Å². The smallest absolute Gasteiger partial charge is 0.223 e. The van der Waals surface area contributed by atoms with Crippen molar-refractivity contribution < 1.29 is 15.0 Å². The van der Waals surface area contributed by atoms with Crippen molar-refractivity contribution >= 4 is 11.6 Å². The van der Waals surface area contributed by atoms with Crippen LogP contribution in [0.4, 0.5) is 5.69 Å². The molecule has 1 aliphatic carbocycles. The fraction of sp³-hybridized carbons (Fsp3) is 0.650. The van der Waals surface area contributed by atoms with Gasteiger partial charge in [0, 0.05) is 37.8 Å². The van der Waals surface area contributed by atoms with Crippen LogP contribution in [-0.4, -0.2) is 41.9 Å². The van der Waals surface area contributed by atoms with Crippen molar-refractivity contribution in [2.75, 3.05) is 24.6 Å². The minimum atomic E-state index is -0.321. The Labute approximate surface area is 150 Å². The first-order valence-corrected chi connectivity index (χ1v) is 9.56. The second kappa shape index (κ2) is 8.68. The van der Waals surface area contributed by atoms with Crippen molar-refractivity contribution in [3.8, 4) is 0 Å². The lowest BCUT2D eigenvalue weighted by molar-refractivity contribution is -0.127. The number of rotatable bonds is 5. The van der Waals surface area contributed by atoms with E-state index in [-0.39, 0.29) is 17.9 Å². The number of anilines is 1. The molecule has 3 N–H and O–H groups in total. The monoisotopic (exact) mass is 346 g/mol. The molecule has 1 saturated carbocycles. The second-order valence-corrected chi connectivity index (χ2v) is 7.51. The van der Waals surface area contributed by atoms with Gasteiger partial charge in [-0.15, -0.1) is 0 Å². The summed E-state index contributed by atoms with van der Waals surface area (Å²) in [6.45, 7) is 2.82. The molecule has 0 aromatic heterocycles. The van der Waals surface area contributed by atoms with E-state index < -0.39 is 0 Å². The van der Waals surface area contributed by atoms with Crippen LogP contribution in [-0.2, 0) is 11.3 Å². The van der Waals surface area contributed by atoms with Gasteiger partial charge in [0.15, 0.2) is 0 Å². The minimum absolute atomic E-state index is 0.0455. The Bertz CT molecular complexity index is 553. The molecule has 2 atom stereocenters. The number of nitrogens with zero attached hydrogens (tertiary/aromatic N) is 1. The normalized spacial score (nSPS) is 25.0. The molecule has 138 valence electrons. The van der Waals surface area contributed by atoms with Crippen molar-refractivity contribution in [2.24, 2.45) is 11.8 Å². The summed E-state index contributed by atoms with van der Waals surface area (Å²) in [5.41, 5.74) is 2.31. The Morgan fingerprint density at radius 2 is 1.84 bits per heavy atom. The Hall–Kier alpha value is -1.59. The van der Waals surface area contributed by atoms with Crippen molar-refractivity contribution in [1.29, 1.82) is 0 Å². The van der Waals surface area contributed by atoms with Crippen LogP contribution in [0, 0.1) is 11.8 Å². The zero-order valence-corrected chi connectivity index (χ0v) is 14.9. The van der Waals surface area contributed by atoms with Gasteiger partial charge in [0.05, 0.1) is 6.10 Å². The third-order valence-corrected chi connectivity index (χ3v) is 5.66. The molecule has 1 heterocycles. The molecule has 1 aliphatic heterocycles. The molecular formula is C20H30N2O3. The van der Waals surface area contributed by atoms with Crippen LogP contribution in [0.2, 0.25) is 0 Å². The molecule has 0 spiro atoms. The Kier molecular flexibility index (Phi) is 6.32. The fourth-order valence-corrected chi connectivity index (χ4v) is 3.93. The molecule has 1 amide bonds. The lowest BCUT2D eigenvalue weighted by atomic mass is 9.86. The van der Waals surface area contributed by atoms with Gasteiger partial charge >= 0.3 is 0 Å². The van der Waals surface area contributed by atoms with Crippen molar-refractivity contribution in [3.63, 3.8) is 0 Å². The van der Waals surface area contributed by atoms with Gasteiger partial charge in [0.1, 0.15) is 0 Å². The maximum absolute atomic E-state index is 12.2. The van der Waals surface area contributed by atoms with E-state index >= 15 is 0 Å². The topological polar surface area (TPSA) is 72.8 Å². The number of nitrogens with one attached hydrogen (secondary N) is 1. The van der Waals surface area contributed by atoms with Gasteiger partial charge in [0.25, 0.3) is 0 Å². The van der Waals surface area contributed by atoms with E-state index in [1.807, 2.05) is 0 Å². The van der Waals surface area contributed by atoms with Gasteiger partial charge < -0.3 is 20.4 Å². The quantitative estimate of drug-likeness (QED) is 0.763. The highest BCUT2D eigenvalue weighted by molar-refractivity contribution is 5.78. The van der Waals surface area contributed by atoms with Gasteiger partial charge in [-0.1, -0.05) is 18.6 Å². The molecular weight excluding hydrogens is 316 g/mol. The summed E-state index contributed by atoms with van der Waals surface area (Å²) in [5, 5.41) is 21.9. The largest absolute Gasteiger partial charge is 0.396 e. The van der Waals surface area contributed by atoms with Crippen LogP contribution < -0.4 is 10.2 Å². The lowest BCUT2D eigenvalue weighted by Crippen LogP contribution is -2.35. The highest BCUT2D eigenvalue weighted by Gasteiger charge is 2.25. The minimum Gasteiger partial charge on any atom is -0.396 e. The molecule has 2 fully saturated rings. The molecule has 2 aliphatic rings. The van der Waals surface area contributed by atoms with Crippen molar-refractivity contribution in [3.05, 3.63) is 29.8 Å². The molecule has 25 heavy (non-hydrogen) atoms. The van der Waals surface area contributed by atoms with Gasteiger partial charge in [-0.2, -0.15) is 0 Å². The molecule has 0 unspecified atom stereocenters. The van der Waals surface area contributed by atoms with E-state index in [9.17, 15) is 15.0 Å². The molecule has 1 aromatic carbocycles. The predicted molar refractivity (Wildman–Crippen MR) is 98.3 cm³/mol. The fourth-order valence-electron chi connectivity index (χ4n) is 3.93. The highest BCUT2D eigenvalue weighted by Crippen LogP contribution is 2.25. The summed E-state index contributed by atoms with van der Waals surface area (Å²) >= 11 is 0. The zero-order valence-electron chi connectivity index (χ0n) is 14.9. The number of aliphatic hydroxyl groups is 2. The summed E-state index contributed by atoms with van der Waals surface area (Å²) in [6, 6.07) is 8.38. The number of hydrogen-bond donors (Lipinski definition) is 3. The van der Waals surface area contributed by atoms with Crippen molar-refractivity contribution in [2.45, 2.75) is 51.2 Å². The van der Waals surface area contributed by atoms with Gasteiger partial charge in [-0.05, 0) is 55.7 Å². The van der Waals surface area contributed by atoms with Crippen LogP contribution in [0.15, 0.2) is 24.3 Å². The highest BCUT2D eigenvalue weighted by atomic mass is 16.3. The number of amides is 1. The van der Waals surface area contributed by atoms with Crippen LogP contribution in [0.5, 0.6) is 0 Å². The van der Waals surface area contributed by atoms with Crippen LogP contribution in [0.25, 0.3) is 0 Å². The second-order valence-electron chi connectivity index (χ2n) is 7.51. The number of aliphatic hydroxyl groups excluding tert-OH is 2. The predicted octanol–water partition coefficient (Wildman–Crippen LogP) is 2.06. The SMILES string of the molecule is O=C(NCc1ccc(N2CCC(CO)CC2)cc1)[C@@H]1CCC[C@@H](O)C1. The number of carbonyl (C=O) groups is 1. The molecule has 0 radical (unpaired) electrons. The summed E-state index contributed by atoms with van der Waals surface area (Å²) in [4.78, 5) is 14.6. The average Bonchev–Trinajstić information content (AvgIpc) is 2.66. The number of carbonyl (C=O) groups excluding carboxylic acids is 1. The van der Waals surface area contributed by atoms with E-state index in [1.165, 1.54) is 5.69 Å². The third-order valence-electron chi connectivity index (χ3n) is 5.66. The van der Waals surface area contributed by atoms with Gasteiger partial charge in [-0.3, -0.25) is 4.79 Å². The molecule has 1 saturated heterocycles. The zero-order chi connectivity index (χ0) is 17.6. The Morgan fingerprint density at radius 3 is 2.48 bits per heavy atom. The number of benzene rings is 1. The molecule has 1 aromatic rings. The first-order valence-electron chi connectivity index (χ1n) is 9.56. The van der Waals surface area contributed by atoms with Crippen LogP contribution >= 0.6 is 0 Å². The van der Waals surface area contributed by atoms with E-state index in [0.717, 1.165) is 50.8 Å². The van der Waals surface area contributed by atoms with Crippen LogP contribution in [0.3, 0.4) is 0 Å². The van der Waals surface area contributed by atoms with Crippen LogP contribution in [0.1, 0.15) is 44.1 Å². The van der Waals surface area contributed by atoms with Gasteiger partial charge in [-0.25, -0.2) is 0 Å². The van der Waals surface area contributed by atoms with Gasteiger partial charge in [0.2, 0.25) is 5.91 Å². The summed E-state index contributed by atoms with van der Waals surface area (Å²) in [6.07, 6.45) is 4.99. The molecule has 5 heteroatoms. The first kappa shape index (κ1) is 18.2. The summed E-state index contributed by atoms with van der Waals surface area (Å²) in [7, 11) is 0. The number of piperidine rings is 1. The maximum atomic E-state index is 12.2. The van der Waals surface area contributed by atoms with Crippen molar-refractivity contribution in [1.82, 2.24) is 5.32 Å². The molecule has 5 nitrogen and oxygen atoms in total. The summed E-state index contributed by atoms with van der Waals surface area (Å²) < 4.78 is 0. The Morgan fingerprint density at radius 1 is 1.12 bits per heavy atom. The molecule has 0 bridgehead atoms. The maximum Gasteiger partial charge on any atom is 0.223 e. The van der Waals surface area contributed by atoms with E-state index in [2.05, 4.69) is 34.5 Å². The molecule has 3 rings (SSSR count).